The smallest absolute Gasteiger partial charge is 0.269 e. The van der Waals surface area contributed by atoms with Crippen molar-refractivity contribution in [2.24, 2.45) is 0 Å². The molecule has 2 rings (SSSR count). The fraction of sp³-hybridized carbons (Fsp3) is 0.294. The van der Waals surface area contributed by atoms with Crippen LogP contribution in [0.2, 0.25) is 5.02 Å². The summed E-state index contributed by atoms with van der Waals surface area (Å²) >= 11 is 6.03. The number of pyridine rings is 1. The minimum Gasteiger partial charge on any atom is -0.355 e. The van der Waals surface area contributed by atoms with Crippen LogP contribution in [0.1, 0.15) is 16.1 Å². The molecule has 0 aliphatic rings. The molecule has 0 bridgehead atoms. The summed E-state index contributed by atoms with van der Waals surface area (Å²) in [5.74, 6) is -0.182. The van der Waals surface area contributed by atoms with E-state index in [-0.39, 0.29) is 5.91 Å². The molecule has 5 nitrogen and oxygen atoms in total. The number of anilines is 2. The number of hydrogen-bond donors (Lipinski definition) is 2. The molecule has 1 aromatic carbocycles. The highest BCUT2D eigenvalue weighted by Crippen LogP contribution is 2.24. The van der Waals surface area contributed by atoms with E-state index in [0.717, 1.165) is 23.5 Å². The molecule has 0 spiro atoms. The topological polar surface area (TPSA) is 57.3 Å². The van der Waals surface area contributed by atoms with Crippen LogP contribution in [0.3, 0.4) is 0 Å². The summed E-state index contributed by atoms with van der Waals surface area (Å²) in [6.07, 6.45) is 1.61. The zero-order chi connectivity index (χ0) is 16.8. The molecule has 122 valence electrons. The Bertz CT molecular complexity index is 688. The van der Waals surface area contributed by atoms with Gasteiger partial charge in [0, 0.05) is 35.7 Å². The lowest BCUT2D eigenvalue weighted by atomic mass is 10.2. The number of likely N-dealkylation sites (N-methyl/N-ethyl adjacent to an activating group) is 1. The van der Waals surface area contributed by atoms with Crippen molar-refractivity contribution in [1.82, 2.24) is 15.2 Å². The molecule has 0 aliphatic heterocycles. The summed E-state index contributed by atoms with van der Waals surface area (Å²) in [5, 5.41) is 6.78. The number of hydrogen-bond acceptors (Lipinski definition) is 4. The van der Waals surface area contributed by atoms with Crippen LogP contribution < -0.4 is 10.6 Å². The minimum absolute atomic E-state index is 0.182. The van der Waals surface area contributed by atoms with Crippen LogP contribution >= 0.6 is 11.6 Å². The van der Waals surface area contributed by atoms with E-state index in [1.807, 2.05) is 50.2 Å². The summed E-state index contributed by atoms with van der Waals surface area (Å²) in [6.45, 7) is 3.36. The number of rotatable bonds is 6. The maximum atomic E-state index is 12.1. The van der Waals surface area contributed by atoms with Gasteiger partial charge in [-0.05, 0) is 50.8 Å². The van der Waals surface area contributed by atoms with Gasteiger partial charge in [0.15, 0.2) is 0 Å². The molecular formula is C17H21ClN4O. The lowest BCUT2D eigenvalue weighted by Crippen LogP contribution is -2.31. The molecule has 1 aromatic heterocycles. The Hall–Kier alpha value is -2.11. The van der Waals surface area contributed by atoms with Gasteiger partial charge >= 0.3 is 0 Å². The molecule has 2 N–H and O–H groups in total. The number of halogens is 1. The largest absolute Gasteiger partial charge is 0.355 e. The van der Waals surface area contributed by atoms with Gasteiger partial charge in [-0.25, -0.2) is 0 Å². The van der Waals surface area contributed by atoms with Crippen molar-refractivity contribution in [3.05, 3.63) is 52.8 Å². The van der Waals surface area contributed by atoms with Crippen molar-refractivity contribution in [3.63, 3.8) is 0 Å². The minimum atomic E-state index is -0.182. The van der Waals surface area contributed by atoms with Crippen LogP contribution in [0.25, 0.3) is 0 Å². The Morgan fingerprint density at radius 2 is 2.04 bits per heavy atom. The third-order valence-electron chi connectivity index (χ3n) is 3.32. The third-order valence-corrected chi connectivity index (χ3v) is 3.55. The van der Waals surface area contributed by atoms with Crippen LogP contribution in [0.4, 0.5) is 11.4 Å². The molecule has 2 aromatic rings. The van der Waals surface area contributed by atoms with Crippen LogP contribution in [-0.4, -0.2) is 43.0 Å². The predicted octanol–water partition coefficient (Wildman–Crippen LogP) is 3.08. The highest BCUT2D eigenvalue weighted by molar-refractivity contribution is 6.30. The molecule has 0 unspecified atom stereocenters. The monoisotopic (exact) mass is 332 g/mol. The second-order valence-electron chi connectivity index (χ2n) is 5.57. The third kappa shape index (κ3) is 5.23. The molecule has 0 radical (unpaired) electrons. The number of aromatic nitrogens is 1. The van der Waals surface area contributed by atoms with Crippen molar-refractivity contribution in [3.8, 4) is 0 Å². The maximum absolute atomic E-state index is 12.1. The van der Waals surface area contributed by atoms with E-state index < -0.39 is 0 Å². The van der Waals surface area contributed by atoms with Crippen LogP contribution in [0.15, 0.2) is 36.5 Å². The summed E-state index contributed by atoms with van der Waals surface area (Å²) in [7, 11) is 3.92. The van der Waals surface area contributed by atoms with Gasteiger partial charge in [-0.2, -0.15) is 0 Å². The molecule has 6 heteroatoms. The molecule has 0 aliphatic carbocycles. The van der Waals surface area contributed by atoms with Crippen molar-refractivity contribution in [2.75, 3.05) is 32.5 Å². The van der Waals surface area contributed by atoms with E-state index in [1.54, 1.807) is 12.3 Å². The first-order valence-corrected chi connectivity index (χ1v) is 7.75. The van der Waals surface area contributed by atoms with E-state index in [2.05, 4.69) is 15.6 Å². The Morgan fingerprint density at radius 1 is 1.26 bits per heavy atom. The zero-order valence-corrected chi connectivity index (χ0v) is 14.3. The van der Waals surface area contributed by atoms with Gasteiger partial charge in [0.25, 0.3) is 5.91 Å². The van der Waals surface area contributed by atoms with Crippen molar-refractivity contribution in [2.45, 2.75) is 6.92 Å². The zero-order valence-electron chi connectivity index (χ0n) is 13.6. The standard InChI is InChI=1S/C17H21ClN4O/c1-12-4-5-13(18)10-15(12)21-14-6-7-19-16(11-14)17(23)20-8-9-22(2)3/h4-7,10-11H,8-9H2,1-3H3,(H,19,21)(H,20,23). The highest BCUT2D eigenvalue weighted by atomic mass is 35.5. The molecule has 0 fully saturated rings. The van der Waals surface area contributed by atoms with E-state index in [4.69, 9.17) is 11.6 Å². The molecule has 1 heterocycles. The first-order valence-electron chi connectivity index (χ1n) is 7.38. The maximum Gasteiger partial charge on any atom is 0.269 e. The van der Waals surface area contributed by atoms with E-state index in [9.17, 15) is 4.79 Å². The van der Waals surface area contributed by atoms with Gasteiger partial charge in [0.2, 0.25) is 0 Å². The Labute approximate surface area is 141 Å². The molecule has 0 atom stereocenters. The molecular weight excluding hydrogens is 312 g/mol. The SMILES string of the molecule is Cc1ccc(Cl)cc1Nc1ccnc(C(=O)NCCN(C)C)c1. The van der Waals surface area contributed by atoms with Crippen molar-refractivity contribution in [1.29, 1.82) is 0 Å². The van der Waals surface area contributed by atoms with Gasteiger partial charge in [-0.1, -0.05) is 17.7 Å². The highest BCUT2D eigenvalue weighted by Gasteiger charge is 2.08. The number of aryl methyl sites for hydroxylation is 1. The van der Waals surface area contributed by atoms with Gasteiger partial charge in [-0.15, -0.1) is 0 Å². The Morgan fingerprint density at radius 3 is 2.78 bits per heavy atom. The summed E-state index contributed by atoms with van der Waals surface area (Å²) in [5.41, 5.74) is 3.16. The number of carbonyl (C=O) groups excluding carboxylic acids is 1. The van der Waals surface area contributed by atoms with Crippen LogP contribution in [-0.2, 0) is 0 Å². The number of carbonyl (C=O) groups is 1. The molecule has 0 saturated carbocycles. The quantitative estimate of drug-likeness (QED) is 0.853. The van der Waals surface area contributed by atoms with Gasteiger partial charge in [0.1, 0.15) is 5.69 Å². The number of benzene rings is 1. The number of nitrogens with zero attached hydrogens (tertiary/aromatic N) is 2. The summed E-state index contributed by atoms with van der Waals surface area (Å²) < 4.78 is 0. The second kappa shape index (κ2) is 7.94. The summed E-state index contributed by atoms with van der Waals surface area (Å²) in [4.78, 5) is 18.2. The van der Waals surface area contributed by atoms with Crippen molar-refractivity contribution < 1.29 is 4.79 Å². The van der Waals surface area contributed by atoms with Crippen LogP contribution in [0.5, 0.6) is 0 Å². The predicted molar refractivity (Wildman–Crippen MR) is 94.6 cm³/mol. The number of amides is 1. The normalized spacial score (nSPS) is 10.7. The fourth-order valence-corrected chi connectivity index (χ4v) is 2.17. The Kier molecular flexibility index (Phi) is 5.96. The molecule has 1 amide bonds. The average molecular weight is 333 g/mol. The van der Waals surface area contributed by atoms with Crippen LogP contribution in [0, 0.1) is 6.92 Å². The molecule has 23 heavy (non-hydrogen) atoms. The lowest BCUT2D eigenvalue weighted by Gasteiger charge is -2.12. The summed E-state index contributed by atoms with van der Waals surface area (Å²) in [6, 6.07) is 9.19. The van der Waals surface area contributed by atoms with Gasteiger partial charge in [0.05, 0.1) is 0 Å². The average Bonchev–Trinajstić information content (AvgIpc) is 2.51. The first-order chi connectivity index (χ1) is 11.0. The van der Waals surface area contributed by atoms with Gasteiger partial charge in [-0.3, -0.25) is 9.78 Å². The lowest BCUT2D eigenvalue weighted by molar-refractivity contribution is 0.0946. The molecule has 0 saturated heterocycles. The van der Waals surface area contributed by atoms with E-state index in [0.29, 0.717) is 17.3 Å². The van der Waals surface area contributed by atoms with Gasteiger partial charge < -0.3 is 15.5 Å². The van der Waals surface area contributed by atoms with E-state index in [1.165, 1.54) is 0 Å². The first kappa shape index (κ1) is 17.2. The van der Waals surface area contributed by atoms with Crippen molar-refractivity contribution >= 4 is 28.9 Å². The Balaban J connectivity index is 2.07. The number of nitrogens with one attached hydrogen (secondary N) is 2. The second-order valence-corrected chi connectivity index (χ2v) is 6.01. The fourth-order valence-electron chi connectivity index (χ4n) is 2.00. The van der Waals surface area contributed by atoms with E-state index >= 15 is 0 Å².